The second-order valence-electron chi connectivity index (χ2n) is 7.46. The third-order valence-electron chi connectivity index (χ3n) is 5.47. The van der Waals surface area contributed by atoms with E-state index in [2.05, 4.69) is 60.0 Å². The van der Waals surface area contributed by atoms with Crippen LogP contribution in [-0.2, 0) is 6.54 Å². The van der Waals surface area contributed by atoms with Crippen LogP contribution in [0.4, 0.5) is 0 Å². The fraction of sp³-hybridized carbons (Fsp3) is 0.435. The average molecular weight is 348 g/mol. The van der Waals surface area contributed by atoms with Gasteiger partial charge < -0.3 is 9.30 Å². The summed E-state index contributed by atoms with van der Waals surface area (Å²) in [4.78, 5) is 5.01. The lowest BCUT2D eigenvalue weighted by molar-refractivity contribution is 0.300. The molecular formula is C23H28N2O. The third-order valence-corrected chi connectivity index (χ3v) is 5.47. The monoisotopic (exact) mass is 348 g/mol. The Morgan fingerprint density at radius 3 is 2.58 bits per heavy atom. The second-order valence-corrected chi connectivity index (χ2v) is 7.46. The third kappa shape index (κ3) is 3.77. The van der Waals surface area contributed by atoms with Gasteiger partial charge in [-0.15, -0.1) is 0 Å². The number of rotatable bonds is 6. The molecule has 0 bridgehead atoms. The number of aromatic nitrogens is 2. The molecule has 1 aromatic heterocycles. The maximum Gasteiger partial charge on any atom is 0.119 e. The van der Waals surface area contributed by atoms with Gasteiger partial charge in [-0.1, -0.05) is 49.1 Å². The van der Waals surface area contributed by atoms with Crippen molar-refractivity contribution in [1.29, 1.82) is 0 Å². The normalized spacial score (nSPS) is 15.4. The van der Waals surface area contributed by atoms with E-state index in [0.29, 0.717) is 5.92 Å². The summed E-state index contributed by atoms with van der Waals surface area (Å²) in [6, 6.07) is 16.8. The van der Waals surface area contributed by atoms with Gasteiger partial charge in [0.1, 0.15) is 11.6 Å². The fourth-order valence-corrected chi connectivity index (χ4v) is 4.05. The minimum Gasteiger partial charge on any atom is -0.494 e. The molecule has 3 nitrogen and oxygen atoms in total. The standard InChI is InChI=1S/C23H28N2O/c1-18-12-14-20(15-13-18)26-17-7-16-25-22-11-6-5-10-21(22)24-23(25)19-8-3-2-4-9-19/h5-6,10-15,19H,2-4,7-9,16-17H2,1H3. The van der Waals surface area contributed by atoms with Gasteiger partial charge in [-0.25, -0.2) is 4.98 Å². The molecule has 0 amide bonds. The zero-order valence-electron chi connectivity index (χ0n) is 15.7. The van der Waals surface area contributed by atoms with Crippen LogP contribution >= 0.6 is 0 Å². The van der Waals surface area contributed by atoms with E-state index in [9.17, 15) is 0 Å². The van der Waals surface area contributed by atoms with Crippen LogP contribution in [0, 0.1) is 6.92 Å². The first kappa shape index (κ1) is 17.1. The van der Waals surface area contributed by atoms with Gasteiger partial charge in [0.15, 0.2) is 0 Å². The molecule has 136 valence electrons. The summed E-state index contributed by atoms with van der Waals surface area (Å²) in [5.74, 6) is 2.87. The summed E-state index contributed by atoms with van der Waals surface area (Å²) in [5.41, 5.74) is 3.66. The molecule has 0 N–H and O–H groups in total. The predicted octanol–water partition coefficient (Wildman–Crippen LogP) is 5.86. The van der Waals surface area contributed by atoms with Crippen LogP contribution < -0.4 is 4.74 Å². The second kappa shape index (κ2) is 7.94. The van der Waals surface area contributed by atoms with Crippen molar-refractivity contribution in [3.05, 3.63) is 59.9 Å². The van der Waals surface area contributed by atoms with E-state index < -0.39 is 0 Å². The highest BCUT2D eigenvalue weighted by Crippen LogP contribution is 2.34. The minimum atomic E-state index is 0.620. The molecule has 1 aliphatic carbocycles. The number of benzene rings is 2. The molecular weight excluding hydrogens is 320 g/mol. The lowest BCUT2D eigenvalue weighted by Gasteiger charge is -2.22. The lowest BCUT2D eigenvalue weighted by Crippen LogP contribution is -2.13. The minimum absolute atomic E-state index is 0.620. The van der Waals surface area contributed by atoms with Crippen molar-refractivity contribution in [2.75, 3.05) is 6.61 Å². The zero-order valence-corrected chi connectivity index (χ0v) is 15.7. The van der Waals surface area contributed by atoms with Gasteiger partial charge in [0.25, 0.3) is 0 Å². The Kier molecular flexibility index (Phi) is 5.24. The number of aryl methyl sites for hydroxylation is 2. The van der Waals surface area contributed by atoms with E-state index in [4.69, 9.17) is 9.72 Å². The molecule has 0 spiro atoms. The molecule has 1 fully saturated rings. The molecule has 0 radical (unpaired) electrons. The quantitative estimate of drug-likeness (QED) is 0.522. The molecule has 26 heavy (non-hydrogen) atoms. The van der Waals surface area contributed by atoms with Gasteiger partial charge in [0, 0.05) is 12.5 Å². The molecule has 0 atom stereocenters. The van der Waals surface area contributed by atoms with Gasteiger partial charge in [0.05, 0.1) is 17.6 Å². The first-order chi connectivity index (χ1) is 12.8. The lowest BCUT2D eigenvalue weighted by atomic mass is 9.88. The van der Waals surface area contributed by atoms with E-state index in [1.807, 2.05) is 0 Å². The van der Waals surface area contributed by atoms with E-state index in [1.54, 1.807) is 0 Å². The van der Waals surface area contributed by atoms with Crippen molar-refractivity contribution in [2.45, 2.75) is 57.9 Å². The maximum atomic E-state index is 5.92. The smallest absolute Gasteiger partial charge is 0.119 e. The summed E-state index contributed by atoms with van der Waals surface area (Å²) >= 11 is 0. The zero-order chi connectivity index (χ0) is 17.8. The Morgan fingerprint density at radius 2 is 1.77 bits per heavy atom. The molecule has 1 aliphatic rings. The largest absolute Gasteiger partial charge is 0.494 e. The number of nitrogens with zero attached hydrogens (tertiary/aromatic N) is 2. The predicted molar refractivity (Wildman–Crippen MR) is 107 cm³/mol. The Balaban J connectivity index is 1.46. The Labute approximate surface area is 156 Å². The van der Waals surface area contributed by atoms with Crippen LogP contribution in [0.25, 0.3) is 11.0 Å². The topological polar surface area (TPSA) is 27.1 Å². The van der Waals surface area contributed by atoms with Crippen LogP contribution in [0.3, 0.4) is 0 Å². The number of ether oxygens (including phenoxy) is 1. The first-order valence-electron chi connectivity index (χ1n) is 9.96. The van der Waals surface area contributed by atoms with Crippen LogP contribution in [0.15, 0.2) is 48.5 Å². The molecule has 1 saturated carbocycles. The van der Waals surface area contributed by atoms with E-state index in [-0.39, 0.29) is 0 Å². The molecule has 1 heterocycles. The van der Waals surface area contributed by atoms with Crippen LogP contribution in [0.2, 0.25) is 0 Å². The molecule has 0 saturated heterocycles. The van der Waals surface area contributed by atoms with Gasteiger partial charge in [-0.3, -0.25) is 0 Å². The van der Waals surface area contributed by atoms with Gasteiger partial charge in [-0.05, 0) is 50.5 Å². The van der Waals surface area contributed by atoms with Crippen LogP contribution in [-0.4, -0.2) is 16.2 Å². The molecule has 4 rings (SSSR count). The molecule has 3 aromatic rings. The van der Waals surface area contributed by atoms with E-state index >= 15 is 0 Å². The number of hydrogen-bond acceptors (Lipinski definition) is 2. The Morgan fingerprint density at radius 1 is 1.00 bits per heavy atom. The number of para-hydroxylation sites is 2. The summed E-state index contributed by atoms with van der Waals surface area (Å²) in [6.07, 6.45) is 7.61. The van der Waals surface area contributed by atoms with E-state index in [0.717, 1.165) is 30.8 Å². The highest BCUT2D eigenvalue weighted by atomic mass is 16.5. The van der Waals surface area contributed by atoms with Gasteiger partial charge in [-0.2, -0.15) is 0 Å². The summed E-state index contributed by atoms with van der Waals surface area (Å²) < 4.78 is 8.37. The van der Waals surface area contributed by atoms with E-state index in [1.165, 1.54) is 49.0 Å². The highest BCUT2D eigenvalue weighted by Gasteiger charge is 2.22. The summed E-state index contributed by atoms with van der Waals surface area (Å²) in [7, 11) is 0. The fourth-order valence-electron chi connectivity index (χ4n) is 4.05. The van der Waals surface area contributed by atoms with Crippen molar-refractivity contribution in [2.24, 2.45) is 0 Å². The number of fused-ring (bicyclic) bond motifs is 1. The van der Waals surface area contributed by atoms with Gasteiger partial charge in [0.2, 0.25) is 0 Å². The number of imidazole rings is 1. The summed E-state index contributed by atoms with van der Waals surface area (Å²) in [5, 5.41) is 0. The van der Waals surface area contributed by atoms with Crippen molar-refractivity contribution in [1.82, 2.24) is 9.55 Å². The van der Waals surface area contributed by atoms with Gasteiger partial charge >= 0.3 is 0 Å². The molecule has 0 unspecified atom stereocenters. The SMILES string of the molecule is Cc1ccc(OCCCn2c(C3CCCCC3)nc3ccccc32)cc1. The number of hydrogen-bond donors (Lipinski definition) is 0. The Bertz CT molecular complexity index is 844. The molecule has 3 heteroatoms. The van der Waals surface area contributed by atoms with Crippen LogP contribution in [0.5, 0.6) is 5.75 Å². The Hall–Kier alpha value is -2.29. The van der Waals surface area contributed by atoms with Crippen molar-refractivity contribution in [3.63, 3.8) is 0 Å². The maximum absolute atomic E-state index is 5.92. The molecule has 0 aliphatic heterocycles. The van der Waals surface area contributed by atoms with Crippen molar-refractivity contribution >= 4 is 11.0 Å². The average Bonchev–Trinajstić information content (AvgIpc) is 3.06. The molecule has 2 aromatic carbocycles. The summed E-state index contributed by atoms with van der Waals surface area (Å²) in [6.45, 7) is 3.80. The first-order valence-corrected chi connectivity index (χ1v) is 9.96. The van der Waals surface area contributed by atoms with Crippen LogP contribution in [0.1, 0.15) is 55.8 Å². The van der Waals surface area contributed by atoms with Crippen molar-refractivity contribution < 1.29 is 4.74 Å². The highest BCUT2D eigenvalue weighted by molar-refractivity contribution is 5.76. The van der Waals surface area contributed by atoms with Crippen molar-refractivity contribution in [3.8, 4) is 5.75 Å².